The van der Waals surface area contributed by atoms with E-state index in [-0.39, 0.29) is 23.6 Å². The standard InChI is InChI=1S/C19H25N3O3S/c1-15(2)18(21-11-3-4-12-21)19(23)20-16-7-9-17(10-8-16)22-13-5-6-14-26(22,24)25/h3-4,7-12,15,18H,5-6,13-14H2,1-2H3,(H,20,23)/t18-/m0/s1. The summed E-state index contributed by atoms with van der Waals surface area (Å²) in [6, 6.07) is 10.5. The second kappa shape index (κ2) is 7.53. The van der Waals surface area contributed by atoms with Crippen molar-refractivity contribution in [1.29, 1.82) is 0 Å². The summed E-state index contributed by atoms with van der Waals surface area (Å²) in [5.41, 5.74) is 1.31. The minimum absolute atomic E-state index is 0.0884. The van der Waals surface area contributed by atoms with Crippen LogP contribution in [-0.2, 0) is 14.8 Å². The number of aromatic nitrogens is 1. The number of carbonyl (C=O) groups is 1. The molecule has 2 heterocycles. The van der Waals surface area contributed by atoms with Crippen LogP contribution in [0.3, 0.4) is 0 Å². The third-order valence-corrected chi connectivity index (χ3v) is 6.49. The lowest BCUT2D eigenvalue weighted by Gasteiger charge is -2.28. The van der Waals surface area contributed by atoms with Gasteiger partial charge in [0.05, 0.1) is 11.4 Å². The summed E-state index contributed by atoms with van der Waals surface area (Å²) in [6.07, 6.45) is 5.34. The Morgan fingerprint density at radius 3 is 2.31 bits per heavy atom. The van der Waals surface area contributed by atoms with Gasteiger partial charge >= 0.3 is 0 Å². The van der Waals surface area contributed by atoms with Crippen molar-refractivity contribution < 1.29 is 13.2 Å². The molecular weight excluding hydrogens is 350 g/mol. The lowest BCUT2D eigenvalue weighted by Crippen LogP contribution is -2.37. The quantitative estimate of drug-likeness (QED) is 0.872. The van der Waals surface area contributed by atoms with Crippen LogP contribution in [0.2, 0.25) is 0 Å². The average Bonchev–Trinajstić information content (AvgIpc) is 3.09. The van der Waals surface area contributed by atoms with Gasteiger partial charge in [-0.25, -0.2) is 8.42 Å². The maximum atomic E-state index is 12.7. The summed E-state index contributed by atoms with van der Waals surface area (Å²) in [4.78, 5) is 12.7. The van der Waals surface area contributed by atoms with Gasteiger partial charge in [0, 0.05) is 24.6 Å². The SMILES string of the molecule is CC(C)[C@@H](C(=O)Nc1ccc(N2CCCCS2(=O)=O)cc1)n1cccc1. The zero-order valence-corrected chi connectivity index (χ0v) is 15.9. The maximum Gasteiger partial charge on any atom is 0.247 e. The second-order valence-electron chi connectivity index (χ2n) is 6.95. The molecule has 1 N–H and O–H groups in total. The van der Waals surface area contributed by atoms with Crippen molar-refractivity contribution in [2.45, 2.75) is 32.7 Å². The van der Waals surface area contributed by atoms with Gasteiger partial charge in [-0.1, -0.05) is 13.8 Å². The number of sulfonamides is 1. The molecule has 1 saturated heterocycles. The van der Waals surface area contributed by atoms with E-state index in [9.17, 15) is 13.2 Å². The molecule has 140 valence electrons. The number of hydrogen-bond donors (Lipinski definition) is 1. The first-order chi connectivity index (χ1) is 12.4. The molecule has 1 amide bonds. The van der Waals surface area contributed by atoms with Gasteiger partial charge in [0.1, 0.15) is 6.04 Å². The molecule has 0 saturated carbocycles. The molecule has 0 spiro atoms. The molecule has 0 bridgehead atoms. The largest absolute Gasteiger partial charge is 0.342 e. The molecular formula is C19H25N3O3S. The van der Waals surface area contributed by atoms with Gasteiger partial charge in [-0.2, -0.15) is 0 Å². The van der Waals surface area contributed by atoms with Crippen LogP contribution in [0.5, 0.6) is 0 Å². The number of nitrogens with zero attached hydrogens (tertiary/aromatic N) is 2. The fraction of sp³-hybridized carbons (Fsp3) is 0.421. The van der Waals surface area contributed by atoms with E-state index in [1.54, 1.807) is 24.3 Å². The van der Waals surface area contributed by atoms with Crippen LogP contribution in [-0.4, -0.2) is 31.2 Å². The molecule has 26 heavy (non-hydrogen) atoms. The van der Waals surface area contributed by atoms with Gasteiger partial charge in [-0.3, -0.25) is 9.10 Å². The Balaban J connectivity index is 1.74. The van der Waals surface area contributed by atoms with Crippen LogP contribution in [0, 0.1) is 5.92 Å². The highest BCUT2D eigenvalue weighted by Crippen LogP contribution is 2.26. The topological polar surface area (TPSA) is 71.4 Å². The third kappa shape index (κ3) is 3.93. The van der Waals surface area contributed by atoms with E-state index in [2.05, 4.69) is 5.32 Å². The highest BCUT2D eigenvalue weighted by Gasteiger charge is 2.26. The van der Waals surface area contributed by atoms with E-state index in [0.717, 1.165) is 6.42 Å². The van der Waals surface area contributed by atoms with Gasteiger partial charge in [-0.05, 0) is 55.2 Å². The Morgan fingerprint density at radius 1 is 1.08 bits per heavy atom. The maximum absolute atomic E-state index is 12.7. The van der Waals surface area contributed by atoms with Gasteiger partial charge in [0.2, 0.25) is 15.9 Å². The number of anilines is 2. The van der Waals surface area contributed by atoms with Crippen molar-refractivity contribution in [1.82, 2.24) is 4.57 Å². The number of carbonyl (C=O) groups excluding carboxylic acids is 1. The van der Waals surface area contributed by atoms with Crippen molar-refractivity contribution in [3.05, 3.63) is 48.8 Å². The Hall–Kier alpha value is -2.28. The Morgan fingerprint density at radius 2 is 1.73 bits per heavy atom. The van der Waals surface area contributed by atoms with Gasteiger partial charge in [-0.15, -0.1) is 0 Å². The molecule has 0 radical (unpaired) electrons. The van der Waals surface area contributed by atoms with Gasteiger partial charge in [0.25, 0.3) is 0 Å². The van der Waals surface area contributed by atoms with E-state index in [1.165, 1.54) is 4.31 Å². The Labute approximate surface area is 154 Å². The number of amides is 1. The van der Waals surface area contributed by atoms with Gasteiger partial charge < -0.3 is 9.88 Å². The minimum atomic E-state index is -3.22. The molecule has 1 aliphatic heterocycles. The molecule has 1 aliphatic rings. The smallest absolute Gasteiger partial charge is 0.247 e. The molecule has 6 nitrogen and oxygen atoms in total. The molecule has 0 aliphatic carbocycles. The number of benzene rings is 1. The van der Waals surface area contributed by atoms with E-state index in [0.29, 0.717) is 24.3 Å². The molecule has 2 aromatic rings. The van der Waals surface area contributed by atoms with Gasteiger partial charge in [0.15, 0.2) is 0 Å². The van der Waals surface area contributed by atoms with Crippen LogP contribution in [0.15, 0.2) is 48.8 Å². The summed E-state index contributed by atoms with van der Waals surface area (Å²) >= 11 is 0. The van der Waals surface area contributed by atoms with Crippen molar-refractivity contribution in [3.8, 4) is 0 Å². The first kappa shape index (κ1) is 18.5. The van der Waals surface area contributed by atoms with E-state index >= 15 is 0 Å². The van der Waals surface area contributed by atoms with Crippen LogP contribution < -0.4 is 9.62 Å². The molecule has 3 rings (SSSR count). The Bertz CT molecular complexity index is 843. The normalized spacial score (nSPS) is 17.9. The third-order valence-electron chi connectivity index (χ3n) is 4.62. The zero-order chi connectivity index (χ0) is 18.7. The first-order valence-corrected chi connectivity index (χ1v) is 10.5. The summed E-state index contributed by atoms with van der Waals surface area (Å²) < 4.78 is 27.7. The predicted molar refractivity (Wildman–Crippen MR) is 104 cm³/mol. The molecule has 1 aromatic carbocycles. The monoisotopic (exact) mass is 375 g/mol. The molecule has 1 fully saturated rings. The first-order valence-electron chi connectivity index (χ1n) is 8.92. The van der Waals surface area contributed by atoms with E-state index < -0.39 is 10.0 Å². The zero-order valence-electron chi connectivity index (χ0n) is 15.1. The van der Waals surface area contributed by atoms with Crippen LogP contribution in [0.25, 0.3) is 0 Å². The number of hydrogen-bond acceptors (Lipinski definition) is 3. The molecule has 1 atom stereocenters. The number of rotatable bonds is 5. The summed E-state index contributed by atoms with van der Waals surface area (Å²) in [5.74, 6) is 0.244. The second-order valence-corrected chi connectivity index (χ2v) is 8.96. The molecule has 1 aromatic heterocycles. The highest BCUT2D eigenvalue weighted by molar-refractivity contribution is 7.92. The minimum Gasteiger partial charge on any atom is -0.342 e. The fourth-order valence-electron chi connectivity index (χ4n) is 3.32. The van der Waals surface area contributed by atoms with E-state index in [4.69, 9.17) is 0 Å². The number of nitrogens with one attached hydrogen (secondary N) is 1. The summed E-state index contributed by atoms with van der Waals surface area (Å²) in [6.45, 7) is 4.53. The lowest BCUT2D eigenvalue weighted by molar-refractivity contribution is -0.120. The Kier molecular flexibility index (Phi) is 5.36. The average molecular weight is 375 g/mol. The molecule has 0 unspecified atom stereocenters. The van der Waals surface area contributed by atoms with Crippen LogP contribution >= 0.6 is 0 Å². The summed E-state index contributed by atoms with van der Waals surface area (Å²) in [7, 11) is -3.22. The van der Waals surface area contributed by atoms with Crippen molar-refractivity contribution in [3.63, 3.8) is 0 Å². The van der Waals surface area contributed by atoms with E-state index in [1.807, 2.05) is 42.9 Å². The van der Waals surface area contributed by atoms with Crippen LogP contribution in [0.4, 0.5) is 11.4 Å². The predicted octanol–water partition coefficient (Wildman–Crippen LogP) is 3.25. The lowest BCUT2D eigenvalue weighted by atomic mass is 10.0. The highest BCUT2D eigenvalue weighted by atomic mass is 32.2. The van der Waals surface area contributed by atoms with Crippen molar-refractivity contribution >= 4 is 27.3 Å². The van der Waals surface area contributed by atoms with Crippen LogP contribution in [0.1, 0.15) is 32.7 Å². The van der Waals surface area contributed by atoms with Crippen molar-refractivity contribution in [2.24, 2.45) is 5.92 Å². The van der Waals surface area contributed by atoms with Crippen molar-refractivity contribution in [2.75, 3.05) is 21.9 Å². The summed E-state index contributed by atoms with van der Waals surface area (Å²) in [5, 5.41) is 2.93. The fourth-order valence-corrected chi connectivity index (χ4v) is 4.96. The molecule has 7 heteroatoms.